The molecule has 0 bridgehead atoms. The van der Waals surface area contributed by atoms with Gasteiger partial charge in [-0.25, -0.2) is 0 Å². The lowest BCUT2D eigenvalue weighted by Gasteiger charge is -2.33. The number of hydrogen-bond acceptors (Lipinski definition) is 4. The van der Waals surface area contributed by atoms with Gasteiger partial charge >= 0.3 is 0 Å². The lowest BCUT2D eigenvalue weighted by Crippen LogP contribution is -2.39. The van der Waals surface area contributed by atoms with Crippen molar-refractivity contribution in [3.63, 3.8) is 0 Å². The molecule has 4 rings (SSSR count). The van der Waals surface area contributed by atoms with E-state index in [0.717, 1.165) is 26.1 Å². The van der Waals surface area contributed by atoms with Crippen molar-refractivity contribution in [1.29, 1.82) is 0 Å². The molecule has 1 atom stereocenters. The fourth-order valence-corrected chi connectivity index (χ4v) is 3.75. The third-order valence-electron chi connectivity index (χ3n) is 5.06. The number of nitrogens with zero attached hydrogens (tertiary/aromatic N) is 6. The van der Waals surface area contributed by atoms with Crippen LogP contribution in [0.25, 0.3) is 0 Å². The maximum absolute atomic E-state index is 12.3. The van der Waals surface area contributed by atoms with Gasteiger partial charge in [0.25, 0.3) is 5.91 Å². The van der Waals surface area contributed by atoms with Crippen LogP contribution in [-0.4, -0.2) is 48.0 Å². The number of carbonyl (C=O) groups is 1. The van der Waals surface area contributed by atoms with Crippen LogP contribution in [-0.2, 0) is 27.2 Å². The summed E-state index contributed by atoms with van der Waals surface area (Å²) in [5.41, 5.74) is 3.10. The fraction of sp³-hybridized carbons (Fsp3) is 0.421. The Morgan fingerprint density at radius 1 is 1.30 bits per heavy atom. The molecule has 1 amide bonds. The van der Waals surface area contributed by atoms with Gasteiger partial charge in [-0.3, -0.25) is 19.1 Å². The molecule has 0 aromatic carbocycles. The van der Waals surface area contributed by atoms with Crippen molar-refractivity contribution >= 4 is 5.91 Å². The number of aryl methyl sites for hydroxylation is 2. The number of aromatic nitrogens is 5. The first kappa shape index (κ1) is 17.5. The third-order valence-corrected chi connectivity index (χ3v) is 5.06. The molecule has 1 aliphatic rings. The maximum Gasteiger partial charge on any atom is 0.267 e. The highest BCUT2D eigenvalue weighted by molar-refractivity contribution is 5.92. The summed E-state index contributed by atoms with van der Waals surface area (Å²) in [4.78, 5) is 14.7. The van der Waals surface area contributed by atoms with Crippen LogP contribution in [0.5, 0.6) is 0 Å². The van der Waals surface area contributed by atoms with Gasteiger partial charge in [-0.1, -0.05) is 0 Å². The molecule has 8 heteroatoms. The molecule has 1 aliphatic heterocycles. The van der Waals surface area contributed by atoms with E-state index < -0.39 is 0 Å². The molecule has 0 spiro atoms. The van der Waals surface area contributed by atoms with E-state index in [2.05, 4.69) is 37.4 Å². The van der Waals surface area contributed by atoms with E-state index in [1.807, 2.05) is 54.1 Å². The standard InChI is InChI=1S/C19H25N7O/c1-23-9-3-4-18(23)19(27)20-7-5-16-13-25(12-15-10-22-24(2)11-15)14-17-6-8-21-26(16)17/h3-4,6,8-11,16H,5,7,12-14H2,1-2H3,(H,20,27)/t16-/m1/s1. The lowest BCUT2D eigenvalue weighted by atomic mass is 10.1. The minimum absolute atomic E-state index is 0.0359. The first-order valence-corrected chi connectivity index (χ1v) is 9.22. The predicted molar refractivity (Wildman–Crippen MR) is 101 cm³/mol. The quantitative estimate of drug-likeness (QED) is 0.713. The number of amides is 1. The van der Waals surface area contributed by atoms with Gasteiger partial charge in [0.2, 0.25) is 0 Å². The van der Waals surface area contributed by atoms with Crippen molar-refractivity contribution in [2.24, 2.45) is 14.1 Å². The number of carbonyl (C=O) groups excluding carboxylic acids is 1. The van der Waals surface area contributed by atoms with Crippen molar-refractivity contribution in [1.82, 2.24) is 34.3 Å². The summed E-state index contributed by atoms with van der Waals surface area (Å²) in [5, 5.41) is 11.8. The first-order chi connectivity index (χ1) is 13.1. The summed E-state index contributed by atoms with van der Waals surface area (Å²) in [6.45, 7) is 3.27. The number of rotatable bonds is 6. The van der Waals surface area contributed by atoms with Gasteiger partial charge in [0.1, 0.15) is 5.69 Å². The molecule has 27 heavy (non-hydrogen) atoms. The molecular formula is C19H25N7O. The summed E-state index contributed by atoms with van der Waals surface area (Å²) < 4.78 is 5.77. The van der Waals surface area contributed by atoms with Crippen LogP contribution in [0.1, 0.15) is 34.2 Å². The summed E-state index contributed by atoms with van der Waals surface area (Å²) in [6.07, 6.45) is 8.55. The molecule has 0 saturated carbocycles. The Bertz CT molecular complexity index is 922. The minimum atomic E-state index is -0.0359. The Labute approximate surface area is 158 Å². The molecule has 0 saturated heterocycles. The molecule has 4 heterocycles. The smallest absolute Gasteiger partial charge is 0.267 e. The molecule has 0 aliphatic carbocycles. The fourth-order valence-electron chi connectivity index (χ4n) is 3.75. The van der Waals surface area contributed by atoms with Crippen LogP contribution in [0.3, 0.4) is 0 Å². The Morgan fingerprint density at radius 3 is 2.93 bits per heavy atom. The summed E-state index contributed by atoms with van der Waals surface area (Å²) in [6, 6.07) is 6.03. The summed E-state index contributed by atoms with van der Waals surface area (Å²) in [7, 11) is 3.81. The van der Waals surface area contributed by atoms with E-state index in [9.17, 15) is 4.79 Å². The normalized spacial score (nSPS) is 17.0. The second-order valence-electron chi connectivity index (χ2n) is 7.16. The molecule has 3 aromatic heterocycles. The Kier molecular flexibility index (Phi) is 4.81. The Hall–Kier alpha value is -2.87. The monoisotopic (exact) mass is 367 g/mol. The Balaban J connectivity index is 1.38. The highest BCUT2D eigenvalue weighted by Crippen LogP contribution is 2.24. The maximum atomic E-state index is 12.3. The van der Waals surface area contributed by atoms with Crippen molar-refractivity contribution in [2.45, 2.75) is 25.6 Å². The average molecular weight is 367 g/mol. The van der Waals surface area contributed by atoms with E-state index in [1.54, 1.807) is 0 Å². The lowest BCUT2D eigenvalue weighted by molar-refractivity contribution is 0.0939. The van der Waals surface area contributed by atoms with E-state index in [4.69, 9.17) is 0 Å². The van der Waals surface area contributed by atoms with Crippen LogP contribution in [0.15, 0.2) is 43.0 Å². The number of fused-ring (bicyclic) bond motifs is 1. The van der Waals surface area contributed by atoms with Crippen LogP contribution < -0.4 is 5.32 Å². The van der Waals surface area contributed by atoms with Crippen LogP contribution >= 0.6 is 0 Å². The van der Waals surface area contributed by atoms with E-state index in [1.165, 1.54) is 11.3 Å². The topological polar surface area (TPSA) is 72.9 Å². The van der Waals surface area contributed by atoms with E-state index in [-0.39, 0.29) is 11.9 Å². The average Bonchev–Trinajstić information content (AvgIpc) is 3.36. The van der Waals surface area contributed by atoms with Crippen LogP contribution in [0.2, 0.25) is 0 Å². The van der Waals surface area contributed by atoms with Gasteiger partial charge in [-0.15, -0.1) is 0 Å². The predicted octanol–water partition coefficient (Wildman–Crippen LogP) is 1.33. The molecule has 0 unspecified atom stereocenters. The zero-order valence-electron chi connectivity index (χ0n) is 15.7. The molecule has 142 valence electrons. The van der Waals surface area contributed by atoms with E-state index in [0.29, 0.717) is 12.2 Å². The van der Waals surface area contributed by atoms with Crippen molar-refractivity contribution in [3.8, 4) is 0 Å². The minimum Gasteiger partial charge on any atom is -0.351 e. The van der Waals surface area contributed by atoms with Crippen molar-refractivity contribution in [3.05, 3.63) is 59.9 Å². The largest absolute Gasteiger partial charge is 0.351 e. The van der Waals surface area contributed by atoms with Crippen LogP contribution in [0.4, 0.5) is 0 Å². The molecule has 8 nitrogen and oxygen atoms in total. The molecule has 3 aromatic rings. The summed E-state index contributed by atoms with van der Waals surface area (Å²) in [5.74, 6) is -0.0359. The molecule has 1 N–H and O–H groups in total. The number of nitrogens with one attached hydrogen (secondary N) is 1. The van der Waals surface area contributed by atoms with Gasteiger partial charge in [-0.2, -0.15) is 10.2 Å². The highest BCUT2D eigenvalue weighted by atomic mass is 16.1. The van der Waals surface area contributed by atoms with Gasteiger partial charge in [0, 0.05) is 64.4 Å². The van der Waals surface area contributed by atoms with E-state index >= 15 is 0 Å². The number of hydrogen-bond donors (Lipinski definition) is 1. The second-order valence-corrected chi connectivity index (χ2v) is 7.16. The van der Waals surface area contributed by atoms with Crippen LogP contribution in [0, 0.1) is 0 Å². The summed E-state index contributed by atoms with van der Waals surface area (Å²) >= 11 is 0. The SMILES string of the molecule is Cn1cc(CN2Cc3ccnn3[C@H](CCNC(=O)c3cccn3C)C2)cn1. The van der Waals surface area contributed by atoms with Gasteiger partial charge in [0.15, 0.2) is 0 Å². The molecular weight excluding hydrogens is 342 g/mol. The highest BCUT2D eigenvalue weighted by Gasteiger charge is 2.25. The zero-order chi connectivity index (χ0) is 18.8. The van der Waals surface area contributed by atoms with Crippen molar-refractivity contribution in [2.75, 3.05) is 13.1 Å². The Morgan fingerprint density at radius 2 is 2.19 bits per heavy atom. The zero-order valence-corrected chi connectivity index (χ0v) is 15.7. The third kappa shape index (κ3) is 3.80. The first-order valence-electron chi connectivity index (χ1n) is 9.22. The van der Waals surface area contributed by atoms with Crippen molar-refractivity contribution < 1.29 is 4.79 Å². The van der Waals surface area contributed by atoms with Gasteiger partial charge < -0.3 is 9.88 Å². The second kappa shape index (κ2) is 7.40. The van der Waals surface area contributed by atoms with Gasteiger partial charge in [-0.05, 0) is 24.6 Å². The van der Waals surface area contributed by atoms with Gasteiger partial charge in [0.05, 0.1) is 17.9 Å². The molecule has 0 fully saturated rings. The molecule has 0 radical (unpaired) electrons.